The van der Waals surface area contributed by atoms with Gasteiger partial charge in [0.25, 0.3) is 0 Å². The summed E-state index contributed by atoms with van der Waals surface area (Å²) in [4.78, 5) is 9.34. The molecule has 2 aromatic heterocycles. The van der Waals surface area contributed by atoms with Crippen LogP contribution in [0.5, 0.6) is 0 Å². The van der Waals surface area contributed by atoms with Crippen LogP contribution in [0, 0.1) is 5.92 Å². The van der Waals surface area contributed by atoms with Gasteiger partial charge in [0, 0.05) is 36.1 Å². The molecule has 5 rings (SSSR count). The smallest absolute Gasteiger partial charge is 0.427 e. The normalized spacial score (nSPS) is 19.7. The Morgan fingerprint density at radius 3 is 2.97 bits per heavy atom. The zero-order chi connectivity index (χ0) is 22.3. The van der Waals surface area contributed by atoms with E-state index in [-0.39, 0.29) is 22.4 Å². The summed E-state index contributed by atoms with van der Waals surface area (Å²) < 4.78 is 33.0. The molecule has 0 spiro atoms. The molecule has 1 aromatic carbocycles. The van der Waals surface area contributed by atoms with E-state index < -0.39 is 17.0 Å². The number of aromatic nitrogens is 3. The molecule has 2 aliphatic heterocycles. The number of sulfone groups is 1. The van der Waals surface area contributed by atoms with E-state index in [0.717, 1.165) is 11.3 Å². The van der Waals surface area contributed by atoms with Crippen LogP contribution in [-0.4, -0.2) is 47.5 Å². The topological polar surface area (TPSA) is 106 Å². The molecule has 11 heteroatoms. The molecule has 1 atom stereocenters. The predicted molar refractivity (Wildman–Crippen MR) is 123 cm³/mol. The number of anilines is 2. The molecular formula is C21H22BClN4O4S. The van der Waals surface area contributed by atoms with Crippen LogP contribution in [0.1, 0.15) is 12.1 Å². The van der Waals surface area contributed by atoms with Crippen molar-refractivity contribution in [2.45, 2.75) is 30.6 Å². The van der Waals surface area contributed by atoms with E-state index >= 15 is 0 Å². The van der Waals surface area contributed by atoms with Gasteiger partial charge in [0.05, 0.1) is 17.1 Å². The molecule has 0 bridgehead atoms. The van der Waals surface area contributed by atoms with Crippen LogP contribution in [0.2, 0.25) is 11.3 Å². The van der Waals surface area contributed by atoms with Crippen LogP contribution in [0.4, 0.5) is 11.5 Å². The minimum atomic E-state index is -3.48. The summed E-state index contributed by atoms with van der Waals surface area (Å²) in [6, 6.07) is 9.07. The van der Waals surface area contributed by atoms with Gasteiger partial charge in [0.2, 0.25) is 0 Å². The first-order valence-electron chi connectivity index (χ1n) is 10.5. The lowest BCUT2D eigenvalue weighted by Gasteiger charge is -2.20. The second-order valence-electron chi connectivity index (χ2n) is 8.22. The Labute approximate surface area is 191 Å². The van der Waals surface area contributed by atoms with E-state index in [4.69, 9.17) is 16.3 Å². The number of nitrogens with zero attached hydrogens (tertiary/aromatic N) is 3. The van der Waals surface area contributed by atoms with Gasteiger partial charge in [-0.05, 0) is 43.3 Å². The van der Waals surface area contributed by atoms with Gasteiger partial charge in [-0.25, -0.2) is 18.4 Å². The Morgan fingerprint density at radius 1 is 1.31 bits per heavy atom. The molecular weight excluding hydrogens is 451 g/mol. The van der Waals surface area contributed by atoms with Gasteiger partial charge in [0.1, 0.15) is 4.90 Å². The zero-order valence-electron chi connectivity index (χ0n) is 17.2. The number of halogens is 1. The van der Waals surface area contributed by atoms with E-state index in [1.807, 2.05) is 35.2 Å². The van der Waals surface area contributed by atoms with Gasteiger partial charge in [0.15, 0.2) is 21.5 Å². The van der Waals surface area contributed by atoms with Crippen molar-refractivity contribution in [3.05, 3.63) is 53.4 Å². The Bertz CT molecular complexity index is 1270. The number of rotatable bonds is 5. The number of nitrogens with one attached hydrogen (secondary N) is 1. The van der Waals surface area contributed by atoms with E-state index in [1.165, 1.54) is 0 Å². The average Bonchev–Trinajstić information content (AvgIpc) is 3.36. The summed E-state index contributed by atoms with van der Waals surface area (Å²) in [5, 5.41) is 13.3. The second kappa shape index (κ2) is 8.51. The summed E-state index contributed by atoms with van der Waals surface area (Å²) in [6.07, 6.45) is 5.51. The molecule has 0 amide bonds. The van der Waals surface area contributed by atoms with Crippen LogP contribution < -0.4 is 5.32 Å². The summed E-state index contributed by atoms with van der Waals surface area (Å²) in [6.45, 7) is 1.22. The Balaban J connectivity index is 1.49. The third-order valence-corrected chi connectivity index (χ3v) is 7.81. The number of benzene rings is 1. The van der Waals surface area contributed by atoms with E-state index in [1.54, 1.807) is 12.1 Å². The molecule has 2 N–H and O–H groups in total. The molecule has 8 nitrogen and oxygen atoms in total. The third-order valence-electron chi connectivity index (χ3n) is 5.70. The van der Waals surface area contributed by atoms with Gasteiger partial charge >= 0.3 is 7.12 Å². The van der Waals surface area contributed by atoms with Crippen molar-refractivity contribution in [3.8, 4) is 11.4 Å². The summed E-state index contributed by atoms with van der Waals surface area (Å²) >= 11 is 6.14. The van der Waals surface area contributed by atoms with Gasteiger partial charge in [-0.3, -0.25) is 0 Å². The first-order valence-corrected chi connectivity index (χ1v) is 12.5. The third kappa shape index (κ3) is 4.40. The molecule has 0 aliphatic carbocycles. The summed E-state index contributed by atoms with van der Waals surface area (Å²) in [5.74, 6) is 1.02. The first kappa shape index (κ1) is 21.5. The van der Waals surface area contributed by atoms with Gasteiger partial charge in [-0.1, -0.05) is 23.7 Å². The second-order valence-corrected chi connectivity index (χ2v) is 10.7. The zero-order valence-corrected chi connectivity index (χ0v) is 18.8. The molecule has 32 heavy (non-hydrogen) atoms. The molecule has 1 fully saturated rings. The van der Waals surface area contributed by atoms with Crippen LogP contribution in [-0.2, 0) is 27.5 Å². The first-order chi connectivity index (χ1) is 15.4. The highest BCUT2D eigenvalue weighted by Crippen LogP contribution is 2.34. The fraction of sp³-hybridized carbons (Fsp3) is 0.333. The fourth-order valence-corrected chi connectivity index (χ4v) is 6.04. The lowest BCUT2D eigenvalue weighted by atomic mass is 9.82. The van der Waals surface area contributed by atoms with Crippen molar-refractivity contribution in [3.63, 3.8) is 0 Å². The maximum absolute atomic E-state index is 12.9. The maximum Gasteiger partial charge on any atom is 0.454 e. The molecule has 166 valence electrons. The molecule has 1 saturated heterocycles. The monoisotopic (exact) mass is 472 g/mol. The highest BCUT2D eigenvalue weighted by molar-refractivity contribution is 7.91. The highest BCUT2D eigenvalue weighted by atomic mass is 35.5. The number of fused-ring (bicyclic) bond motifs is 1. The van der Waals surface area contributed by atoms with E-state index in [9.17, 15) is 13.4 Å². The van der Waals surface area contributed by atoms with Crippen molar-refractivity contribution >= 4 is 40.1 Å². The maximum atomic E-state index is 12.9. The average molecular weight is 473 g/mol. The number of hydrogen-bond acceptors (Lipinski definition) is 7. The largest absolute Gasteiger partial charge is 0.454 e. The van der Waals surface area contributed by atoms with Gasteiger partial charge in [-0.2, -0.15) is 0 Å². The van der Waals surface area contributed by atoms with Crippen molar-refractivity contribution in [1.82, 2.24) is 14.5 Å². The molecule has 4 heterocycles. The van der Waals surface area contributed by atoms with Gasteiger partial charge in [-0.15, -0.1) is 0 Å². The van der Waals surface area contributed by atoms with Crippen molar-refractivity contribution in [2.75, 3.05) is 17.7 Å². The van der Waals surface area contributed by atoms with Crippen LogP contribution >= 0.6 is 11.6 Å². The molecule has 1 unspecified atom stereocenters. The number of hydrogen-bond donors (Lipinski definition) is 2. The lowest BCUT2D eigenvalue weighted by Crippen LogP contribution is -2.20. The van der Waals surface area contributed by atoms with Crippen LogP contribution in [0.25, 0.3) is 11.4 Å². The standard InChI is InChI=1S/C21H22BClN4O4S/c23-16-4-1-3-15(9-16)20-25-18-5-2-8-32(29,30)19(18)21(26-20)24-17-6-7-27(12-17)11-14-10-22(28)31-13-14/h1,3-4,6-7,9,12,14,28H,2,5,8,10-11,13H2,(H,24,25,26). The summed E-state index contributed by atoms with van der Waals surface area (Å²) in [5.41, 5.74) is 1.98. The van der Waals surface area contributed by atoms with Gasteiger partial charge < -0.3 is 19.6 Å². The van der Waals surface area contributed by atoms with Crippen molar-refractivity contribution < 1.29 is 18.1 Å². The molecule has 0 radical (unpaired) electrons. The van der Waals surface area contributed by atoms with Crippen molar-refractivity contribution in [1.29, 1.82) is 0 Å². The SMILES string of the molecule is O=S1(=O)CCCc2nc(-c3cccc(Cl)c3)nc(Nc3ccn(CC4COB(O)C4)c3)c21. The predicted octanol–water partition coefficient (Wildman–Crippen LogP) is 3.19. The molecule has 0 saturated carbocycles. The Morgan fingerprint density at radius 2 is 2.19 bits per heavy atom. The van der Waals surface area contributed by atoms with Crippen LogP contribution in [0.15, 0.2) is 47.6 Å². The van der Waals surface area contributed by atoms with Crippen LogP contribution in [0.3, 0.4) is 0 Å². The quantitative estimate of drug-likeness (QED) is 0.549. The fourth-order valence-electron chi connectivity index (χ4n) is 4.23. The van der Waals surface area contributed by atoms with Crippen molar-refractivity contribution in [2.24, 2.45) is 5.92 Å². The highest BCUT2D eigenvalue weighted by Gasteiger charge is 2.31. The molecule has 2 aliphatic rings. The lowest BCUT2D eigenvalue weighted by molar-refractivity contribution is 0.264. The Kier molecular flexibility index (Phi) is 5.71. The number of aryl methyl sites for hydroxylation is 1. The summed E-state index contributed by atoms with van der Waals surface area (Å²) in [7, 11) is -4.18. The Hall–Kier alpha value is -2.40. The minimum Gasteiger partial charge on any atom is -0.427 e. The van der Waals surface area contributed by atoms with E-state index in [0.29, 0.717) is 48.9 Å². The minimum absolute atomic E-state index is 0.0829. The molecule has 3 aromatic rings. The van der Waals surface area contributed by atoms with E-state index in [2.05, 4.69) is 15.3 Å².